The highest BCUT2D eigenvalue weighted by Crippen LogP contribution is 2.30. The van der Waals surface area contributed by atoms with Gasteiger partial charge in [0.25, 0.3) is 5.91 Å². The second kappa shape index (κ2) is 6.34. The van der Waals surface area contributed by atoms with E-state index in [0.717, 1.165) is 43.9 Å². The van der Waals surface area contributed by atoms with Crippen molar-refractivity contribution in [3.05, 3.63) is 38.5 Å². The lowest BCUT2D eigenvalue weighted by Gasteiger charge is -2.36. The number of thiophene rings is 1. The lowest BCUT2D eigenvalue weighted by atomic mass is 9.94. The zero-order chi connectivity index (χ0) is 15.8. The molecular weight excluding hydrogens is 326 g/mol. The smallest absolute Gasteiger partial charge is 0.255 e. The van der Waals surface area contributed by atoms with Gasteiger partial charge in [0.15, 0.2) is 0 Å². The Hall–Kier alpha value is -1.24. The molecule has 122 valence electrons. The Morgan fingerprint density at radius 2 is 2.22 bits per heavy atom. The molecule has 3 aliphatic rings. The summed E-state index contributed by atoms with van der Waals surface area (Å²) in [5.74, 6) is 0.815. The van der Waals surface area contributed by atoms with Crippen LogP contribution in [0.3, 0.4) is 0 Å². The van der Waals surface area contributed by atoms with Crippen molar-refractivity contribution >= 4 is 28.6 Å². The maximum atomic E-state index is 12.9. The fourth-order valence-corrected chi connectivity index (χ4v) is 5.05. The maximum Gasteiger partial charge on any atom is 0.255 e. The molecule has 2 aromatic rings. The number of rotatable bonds is 3. The van der Waals surface area contributed by atoms with Crippen LogP contribution in [0.4, 0.5) is 0 Å². The number of fused-ring (bicyclic) bond motifs is 4. The van der Waals surface area contributed by atoms with Gasteiger partial charge < -0.3 is 4.90 Å². The van der Waals surface area contributed by atoms with Crippen molar-refractivity contribution in [3.8, 4) is 0 Å². The van der Waals surface area contributed by atoms with Gasteiger partial charge in [-0.1, -0.05) is 0 Å². The van der Waals surface area contributed by atoms with Gasteiger partial charge in [-0.3, -0.25) is 9.69 Å². The first-order valence-corrected chi connectivity index (χ1v) is 9.97. The van der Waals surface area contributed by atoms with Crippen molar-refractivity contribution in [2.45, 2.75) is 32.4 Å². The van der Waals surface area contributed by atoms with Crippen LogP contribution in [0, 0.1) is 12.8 Å². The zero-order valence-electron chi connectivity index (χ0n) is 13.3. The summed E-state index contributed by atoms with van der Waals surface area (Å²) >= 11 is 3.31. The van der Waals surface area contributed by atoms with Gasteiger partial charge >= 0.3 is 0 Å². The van der Waals surface area contributed by atoms with E-state index in [9.17, 15) is 4.79 Å². The third-order valence-corrected chi connectivity index (χ3v) is 6.39. The van der Waals surface area contributed by atoms with Gasteiger partial charge in [0.05, 0.1) is 16.8 Å². The predicted molar refractivity (Wildman–Crippen MR) is 94.0 cm³/mol. The number of amides is 1. The molecule has 2 bridgehead atoms. The predicted octanol–water partition coefficient (Wildman–Crippen LogP) is 3.25. The minimum atomic E-state index is 0.222. The van der Waals surface area contributed by atoms with E-state index in [1.54, 1.807) is 22.7 Å². The highest BCUT2D eigenvalue weighted by atomic mass is 32.1. The molecule has 0 N–H and O–H groups in total. The average Bonchev–Trinajstić information content (AvgIpc) is 3.12. The number of piperidine rings is 1. The molecule has 0 saturated carbocycles. The van der Waals surface area contributed by atoms with E-state index in [2.05, 4.69) is 27.1 Å². The number of aromatic nitrogens is 1. The summed E-state index contributed by atoms with van der Waals surface area (Å²) in [5, 5.41) is 4.13. The molecule has 23 heavy (non-hydrogen) atoms. The van der Waals surface area contributed by atoms with Crippen LogP contribution in [-0.4, -0.2) is 46.4 Å². The highest BCUT2D eigenvalue weighted by molar-refractivity contribution is 7.10. The van der Waals surface area contributed by atoms with E-state index in [4.69, 9.17) is 0 Å². The Morgan fingerprint density at radius 3 is 2.96 bits per heavy atom. The zero-order valence-corrected chi connectivity index (χ0v) is 14.9. The van der Waals surface area contributed by atoms with Crippen LogP contribution in [0.2, 0.25) is 0 Å². The van der Waals surface area contributed by atoms with Crippen LogP contribution in [0.5, 0.6) is 0 Å². The lowest BCUT2D eigenvalue weighted by molar-refractivity contribution is 0.0585. The summed E-state index contributed by atoms with van der Waals surface area (Å²) < 4.78 is 0. The van der Waals surface area contributed by atoms with Crippen molar-refractivity contribution < 1.29 is 4.79 Å². The van der Waals surface area contributed by atoms with E-state index in [1.807, 2.05) is 17.0 Å². The third kappa shape index (κ3) is 3.20. The number of hydrogen-bond acceptors (Lipinski definition) is 5. The average molecular weight is 348 g/mol. The molecule has 2 unspecified atom stereocenters. The third-order valence-electron chi connectivity index (χ3n) is 4.90. The largest absolute Gasteiger partial charge is 0.334 e. The standard InChI is InChI=1S/C17H21N3OS2/c1-12-4-14(9-23-12)17(21)20-6-13-2-3-16(20)8-19(5-13)7-15-10-22-11-18-15/h4,9-11,13,16H,2-3,5-8H2,1H3. The van der Waals surface area contributed by atoms with Gasteiger partial charge in [-0.15, -0.1) is 22.7 Å². The van der Waals surface area contributed by atoms with Crippen molar-refractivity contribution in [2.75, 3.05) is 19.6 Å². The van der Waals surface area contributed by atoms with E-state index >= 15 is 0 Å². The van der Waals surface area contributed by atoms with E-state index < -0.39 is 0 Å². The molecule has 2 aromatic heterocycles. The van der Waals surface area contributed by atoms with Crippen LogP contribution in [0.25, 0.3) is 0 Å². The first-order valence-electron chi connectivity index (χ1n) is 8.14. The van der Waals surface area contributed by atoms with Crippen LogP contribution in [0.15, 0.2) is 22.3 Å². The maximum absolute atomic E-state index is 12.9. The van der Waals surface area contributed by atoms with Gasteiger partial charge in [-0.25, -0.2) is 4.98 Å². The van der Waals surface area contributed by atoms with Gasteiger partial charge in [-0.05, 0) is 31.7 Å². The molecular formula is C17H21N3OS2. The first-order chi connectivity index (χ1) is 11.2. The second-order valence-corrected chi connectivity index (χ2v) is 8.51. The lowest BCUT2D eigenvalue weighted by Crippen LogP contribution is -2.47. The van der Waals surface area contributed by atoms with E-state index in [-0.39, 0.29) is 5.91 Å². The summed E-state index contributed by atoms with van der Waals surface area (Å²) in [5.41, 5.74) is 3.92. The summed E-state index contributed by atoms with van der Waals surface area (Å²) in [7, 11) is 0. The number of aryl methyl sites for hydroxylation is 1. The molecule has 0 radical (unpaired) electrons. The quantitative estimate of drug-likeness (QED) is 0.855. The molecule has 4 nitrogen and oxygen atoms in total. The number of nitrogens with zero attached hydrogens (tertiary/aromatic N) is 3. The minimum Gasteiger partial charge on any atom is -0.334 e. The molecule has 6 heteroatoms. The molecule has 1 amide bonds. The fourth-order valence-electron chi connectivity index (χ4n) is 3.82. The monoisotopic (exact) mass is 347 g/mol. The van der Waals surface area contributed by atoms with Crippen LogP contribution < -0.4 is 0 Å². The Balaban J connectivity index is 1.50. The Labute approximate surface area is 144 Å². The molecule has 3 fully saturated rings. The Morgan fingerprint density at radius 1 is 1.30 bits per heavy atom. The summed E-state index contributed by atoms with van der Waals surface area (Å²) in [6, 6.07) is 2.37. The molecule has 0 spiro atoms. The topological polar surface area (TPSA) is 36.4 Å². The highest BCUT2D eigenvalue weighted by Gasteiger charge is 2.37. The summed E-state index contributed by atoms with van der Waals surface area (Å²) in [4.78, 5) is 23.1. The Bertz CT molecular complexity index is 682. The van der Waals surface area contributed by atoms with Gasteiger partial charge in [0.1, 0.15) is 0 Å². The molecule has 2 atom stereocenters. The molecule has 0 aromatic carbocycles. The molecule has 0 aliphatic carbocycles. The van der Waals surface area contributed by atoms with Crippen molar-refractivity contribution in [2.24, 2.45) is 5.92 Å². The molecule has 5 heterocycles. The van der Waals surface area contributed by atoms with E-state index in [0.29, 0.717) is 12.0 Å². The molecule has 3 saturated heterocycles. The summed E-state index contributed by atoms with van der Waals surface area (Å²) in [6.45, 7) is 5.94. The van der Waals surface area contributed by atoms with Crippen LogP contribution in [0.1, 0.15) is 33.8 Å². The van der Waals surface area contributed by atoms with Gasteiger partial charge in [0.2, 0.25) is 0 Å². The van der Waals surface area contributed by atoms with Gasteiger partial charge in [-0.2, -0.15) is 0 Å². The molecule has 3 aliphatic heterocycles. The SMILES string of the molecule is Cc1cc(C(=O)N2CC3CCC2CN(Cc2cscn2)C3)cs1. The van der Waals surface area contributed by atoms with Crippen molar-refractivity contribution in [1.82, 2.24) is 14.8 Å². The normalized spacial score (nSPS) is 24.8. The van der Waals surface area contributed by atoms with Gasteiger partial charge in [0, 0.05) is 47.9 Å². The summed E-state index contributed by atoms with van der Waals surface area (Å²) in [6.07, 6.45) is 2.37. The van der Waals surface area contributed by atoms with E-state index in [1.165, 1.54) is 11.3 Å². The number of carbonyl (C=O) groups is 1. The Kier molecular flexibility index (Phi) is 4.22. The van der Waals surface area contributed by atoms with Crippen LogP contribution in [-0.2, 0) is 6.54 Å². The minimum absolute atomic E-state index is 0.222. The van der Waals surface area contributed by atoms with Crippen molar-refractivity contribution in [3.63, 3.8) is 0 Å². The second-order valence-electron chi connectivity index (χ2n) is 6.67. The van der Waals surface area contributed by atoms with Crippen molar-refractivity contribution in [1.29, 1.82) is 0 Å². The fraction of sp³-hybridized carbons (Fsp3) is 0.529. The first kappa shape index (κ1) is 15.3. The van der Waals surface area contributed by atoms with Crippen LogP contribution >= 0.6 is 22.7 Å². The number of carbonyl (C=O) groups excluding carboxylic acids is 1. The molecule has 5 rings (SSSR count). The number of hydrogen-bond donors (Lipinski definition) is 0. The number of thiazole rings is 1.